The smallest absolute Gasteiger partial charge is 0.0897 e. The van der Waals surface area contributed by atoms with Gasteiger partial charge in [0.15, 0.2) is 0 Å². The Morgan fingerprint density at radius 3 is 2.50 bits per heavy atom. The van der Waals surface area contributed by atoms with Gasteiger partial charge in [-0.1, -0.05) is 24.3 Å². The van der Waals surface area contributed by atoms with Crippen LogP contribution >= 0.6 is 11.3 Å². The van der Waals surface area contributed by atoms with Crippen molar-refractivity contribution in [3.8, 4) is 0 Å². The summed E-state index contributed by atoms with van der Waals surface area (Å²) in [7, 11) is 0. The molecule has 2 rings (SSSR count). The second kappa shape index (κ2) is 6.64. The topological polar surface area (TPSA) is 50.9 Å². The summed E-state index contributed by atoms with van der Waals surface area (Å²) in [6, 6.07) is 8.63. The quantitative estimate of drug-likeness (QED) is 0.838. The van der Waals surface area contributed by atoms with E-state index in [9.17, 15) is 0 Å². The summed E-state index contributed by atoms with van der Waals surface area (Å²) in [4.78, 5) is 5.53. The third-order valence-corrected chi connectivity index (χ3v) is 3.67. The molecule has 0 atom stereocenters. The fourth-order valence-corrected chi connectivity index (χ4v) is 2.57. The fourth-order valence-electron chi connectivity index (χ4n) is 1.81. The van der Waals surface area contributed by atoms with Crippen LogP contribution in [0.15, 0.2) is 30.5 Å². The third kappa shape index (κ3) is 3.91. The molecule has 4 heteroatoms. The van der Waals surface area contributed by atoms with Crippen LogP contribution in [-0.2, 0) is 19.5 Å². The lowest BCUT2D eigenvalue weighted by atomic mass is 10.1. The zero-order valence-electron chi connectivity index (χ0n) is 10.6. The van der Waals surface area contributed by atoms with E-state index >= 15 is 0 Å². The maximum Gasteiger partial charge on any atom is 0.0897 e. The van der Waals surface area contributed by atoms with Crippen molar-refractivity contribution in [2.45, 2.75) is 26.4 Å². The van der Waals surface area contributed by atoms with Gasteiger partial charge in [0.05, 0.1) is 5.01 Å². The number of rotatable bonds is 6. The minimum atomic E-state index is 0.711. The summed E-state index contributed by atoms with van der Waals surface area (Å²) < 4.78 is 0. The van der Waals surface area contributed by atoms with Crippen LogP contribution in [0.3, 0.4) is 0 Å². The number of aromatic nitrogens is 1. The van der Waals surface area contributed by atoms with Crippen molar-refractivity contribution in [2.75, 3.05) is 6.54 Å². The highest BCUT2D eigenvalue weighted by Crippen LogP contribution is 2.11. The Labute approximate surface area is 112 Å². The molecule has 1 heterocycles. The van der Waals surface area contributed by atoms with Crippen molar-refractivity contribution in [3.05, 3.63) is 51.5 Å². The van der Waals surface area contributed by atoms with Gasteiger partial charge in [-0.2, -0.15) is 0 Å². The van der Waals surface area contributed by atoms with Gasteiger partial charge in [-0.15, -0.1) is 11.3 Å². The molecule has 0 aliphatic carbocycles. The molecular formula is C14H19N3S. The summed E-state index contributed by atoms with van der Waals surface area (Å²) in [6.07, 6.45) is 2.89. The van der Waals surface area contributed by atoms with Crippen molar-refractivity contribution in [3.63, 3.8) is 0 Å². The van der Waals surface area contributed by atoms with E-state index in [0.29, 0.717) is 6.54 Å². The molecule has 0 radical (unpaired) electrons. The van der Waals surface area contributed by atoms with Crippen molar-refractivity contribution >= 4 is 11.3 Å². The molecular weight excluding hydrogens is 242 g/mol. The lowest BCUT2D eigenvalue weighted by Gasteiger charge is -2.04. The predicted octanol–water partition coefficient (Wildman–Crippen LogP) is 2.24. The molecule has 3 nitrogen and oxygen atoms in total. The maximum absolute atomic E-state index is 5.53. The molecule has 0 aliphatic heterocycles. The van der Waals surface area contributed by atoms with Crippen LogP contribution in [0.2, 0.25) is 0 Å². The van der Waals surface area contributed by atoms with Crippen LogP contribution < -0.4 is 11.1 Å². The van der Waals surface area contributed by atoms with Gasteiger partial charge in [0.2, 0.25) is 0 Å². The van der Waals surface area contributed by atoms with Gasteiger partial charge < -0.3 is 11.1 Å². The molecule has 0 fully saturated rings. The Kier molecular flexibility index (Phi) is 4.87. The van der Waals surface area contributed by atoms with Crippen LogP contribution in [0.1, 0.15) is 21.0 Å². The van der Waals surface area contributed by atoms with Gasteiger partial charge in [-0.05, 0) is 31.0 Å². The van der Waals surface area contributed by atoms with Crippen LogP contribution in [0.4, 0.5) is 0 Å². The lowest BCUT2D eigenvalue weighted by Crippen LogP contribution is -2.11. The molecule has 0 saturated carbocycles. The van der Waals surface area contributed by atoms with E-state index in [2.05, 4.69) is 34.6 Å². The first kappa shape index (κ1) is 13.2. The minimum Gasteiger partial charge on any atom is -0.330 e. The average Bonchev–Trinajstić information content (AvgIpc) is 2.78. The number of nitrogens with zero attached hydrogens (tertiary/aromatic N) is 1. The zero-order valence-corrected chi connectivity index (χ0v) is 11.5. The van der Waals surface area contributed by atoms with E-state index in [4.69, 9.17) is 5.73 Å². The Morgan fingerprint density at radius 1 is 1.17 bits per heavy atom. The molecule has 0 saturated heterocycles. The Morgan fingerprint density at radius 2 is 1.89 bits per heavy atom. The van der Waals surface area contributed by atoms with E-state index in [1.807, 2.05) is 13.1 Å². The zero-order chi connectivity index (χ0) is 12.8. The molecule has 96 valence electrons. The second-order valence-electron chi connectivity index (χ2n) is 4.30. The normalized spacial score (nSPS) is 10.8. The number of thiazole rings is 1. The van der Waals surface area contributed by atoms with Gasteiger partial charge in [0.25, 0.3) is 0 Å². The SMILES string of the molecule is Cc1ncc(CNCc2ccc(CCN)cc2)s1. The molecule has 1 aromatic heterocycles. The van der Waals surface area contributed by atoms with Crippen molar-refractivity contribution in [2.24, 2.45) is 5.73 Å². The molecule has 0 unspecified atom stereocenters. The van der Waals surface area contributed by atoms with E-state index in [1.165, 1.54) is 16.0 Å². The summed E-state index contributed by atoms with van der Waals surface area (Å²) in [5.41, 5.74) is 8.14. The van der Waals surface area contributed by atoms with Gasteiger partial charge in [-0.25, -0.2) is 4.98 Å². The van der Waals surface area contributed by atoms with Crippen molar-refractivity contribution < 1.29 is 0 Å². The molecule has 0 amide bonds. The molecule has 2 aromatic rings. The van der Waals surface area contributed by atoms with Crippen LogP contribution in [-0.4, -0.2) is 11.5 Å². The van der Waals surface area contributed by atoms with E-state index < -0.39 is 0 Å². The molecule has 18 heavy (non-hydrogen) atoms. The second-order valence-corrected chi connectivity index (χ2v) is 5.62. The first-order chi connectivity index (χ1) is 8.78. The summed E-state index contributed by atoms with van der Waals surface area (Å²) in [5.74, 6) is 0. The van der Waals surface area contributed by atoms with Crippen molar-refractivity contribution in [1.82, 2.24) is 10.3 Å². The first-order valence-electron chi connectivity index (χ1n) is 6.18. The molecule has 1 aromatic carbocycles. The summed E-state index contributed by atoms with van der Waals surface area (Å²) in [5, 5.41) is 4.55. The number of hydrogen-bond donors (Lipinski definition) is 2. The average molecular weight is 261 g/mol. The van der Waals surface area contributed by atoms with E-state index in [1.54, 1.807) is 11.3 Å². The highest BCUT2D eigenvalue weighted by molar-refractivity contribution is 7.11. The highest BCUT2D eigenvalue weighted by Gasteiger charge is 1.98. The maximum atomic E-state index is 5.53. The van der Waals surface area contributed by atoms with Crippen LogP contribution in [0.5, 0.6) is 0 Å². The molecule has 3 N–H and O–H groups in total. The van der Waals surface area contributed by atoms with Gasteiger partial charge in [-0.3, -0.25) is 0 Å². The van der Waals surface area contributed by atoms with E-state index in [-0.39, 0.29) is 0 Å². The van der Waals surface area contributed by atoms with Gasteiger partial charge in [0.1, 0.15) is 0 Å². The van der Waals surface area contributed by atoms with Gasteiger partial charge >= 0.3 is 0 Å². The van der Waals surface area contributed by atoms with E-state index in [0.717, 1.165) is 24.5 Å². The Hall–Kier alpha value is -1.23. The Balaban J connectivity index is 1.79. The molecule has 0 aliphatic rings. The standard InChI is InChI=1S/C14H19N3S/c1-11-17-10-14(18-11)9-16-8-13-4-2-12(3-5-13)6-7-15/h2-5,10,16H,6-9,15H2,1H3. The number of nitrogens with two attached hydrogens (primary N) is 1. The summed E-state index contributed by atoms with van der Waals surface area (Å²) in [6.45, 7) is 4.52. The number of benzene rings is 1. The fraction of sp³-hybridized carbons (Fsp3) is 0.357. The third-order valence-electron chi connectivity index (χ3n) is 2.75. The number of aryl methyl sites for hydroxylation is 1. The Bertz CT molecular complexity index is 476. The highest BCUT2D eigenvalue weighted by atomic mass is 32.1. The molecule has 0 bridgehead atoms. The first-order valence-corrected chi connectivity index (χ1v) is 6.99. The van der Waals surface area contributed by atoms with Crippen LogP contribution in [0.25, 0.3) is 0 Å². The molecule has 0 spiro atoms. The lowest BCUT2D eigenvalue weighted by molar-refractivity contribution is 0.699. The minimum absolute atomic E-state index is 0.711. The largest absolute Gasteiger partial charge is 0.330 e. The van der Waals surface area contributed by atoms with Crippen molar-refractivity contribution in [1.29, 1.82) is 0 Å². The van der Waals surface area contributed by atoms with Gasteiger partial charge in [0, 0.05) is 24.2 Å². The predicted molar refractivity (Wildman–Crippen MR) is 76.6 cm³/mol. The number of nitrogens with one attached hydrogen (secondary N) is 1. The summed E-state index contributed by atoms with van der Waals surface area (Å²) >= 11 is 1.74. The monoisotopic (exact) mass is 261 g/mol. The van der Waals surface area contributed by atoms with Crippen LogP contribution in [0, 0.1) is 6.92 Å². The number of hydrogen-bond acceptors (Lipinski definition) is 4.